The molecule has 1 aromatic rings. The van der Waals surface area contributed by atoms with E-state index in [1.807, 2.05) is 0 Å². The fraction of sp³-hybridized carbons (Fsp3) is 0.562. The average molecular weight is 294 g/mol. The fourth-order valence-corrected chi connectivity index (χ4v) is 2.32. The zero-order chi connectivity index (χ0) is 15.8. The predicted octanol–water partition coefficient (Wildman–Crippen LogP) is 2.65. The van der Waals surface area contributed by atoms with Crippen molar-refractivity contribution in [3.8, 4) is 11.5 Å². The molecule has 5 nitrogen and oxygen atoms in total. The van der Waals surface area contributed by atoms with E-state index in [-0.39, 0.29) is 11.8 Å². The number of rotatable bonds is 8. The van der Waals surface area contributed by atoms with E-state index in [1.165, 1.54) is 0 Å². The summed E-state index contributed by atoms with van der Waals surface area (Å²) in [5.41, 5.74) is 6.42. The van der Waals surface area contributed by atoms with Crippen molar-refractivity contribution in [2.75, 3.05) is 26.1 Å². The van der Waals surface area contributed by atoms with E-state index in [1.54, 1.807) is 32.4 Å². The third-order valence-corrected chi connectivity index (χ3v) is 3.28. The van der Waals surface area contributed by atoms with Gasteiger partial charge in [-0.1, -0.05) is 13.8 Å². The minimum absolute atomic E-state index is 0.0293. The minimum atomic E-state index is -0.0293. The standard InChI is InChI=1S/C16H26N2O3/c1-11(2)7-12(10-17)8-16(19)18-13-5-6-14(20-3)15(9-13)21-4/h5-6,9,11-12H,7-8,10,17H2,1-4H3,(H,18,19). The molecule has 0 aromatic heterocycles. The molecule has 1 atom stereocenters. The molecule has 0 aliphatic heterocycles. The molecule has 1 rings (SSSR count). The number of hydrogen-bond donors (Lipinski definition) is 2. The van der Waals surface area contributed by atoms with Crippen LogP contribution in [-0.4, -0.2) is 26.7 Å². The van der Waals surface area contributed by atoms with Gasteiger partial charge < -0.3 is 20.5 Å². The van der Waals surface area contributed by atoms with Crippen molar-refractivity contribution in [3.63, 3.8) is 0 Å². The normalized spacial score (nSPS) is 12.1. The molecule has 0 aliphatic carbocycles. The first-order valence-corrected chi connectivity index (χ1v) is 7.22. The Kier molecular flexibility index (Phi) is 7.02. The van der Waals surface area contributed by atoms with Crippen molar-refractivity contribution in [1.29, 1.82) is 0 Å². The maximum absolute atomic E-state index is 12.1. The number of nitrogens with one attached hydrogen (secondary N) is 1. The van der Waals surface area contributed by atoms with Crippen LogP contribution in [0.2, 0.25) is 0 Å². The number of carbonyl (C=O) groups is 1. The molecule has 0 aliphatic rings. The van der Waals surface area contributed by atoms with E-state index < -0.39 is 0 Å². The van der Waals surface area contributed by atoms with Crippen LogP contribution in [0.15, 0.2) is 18.2 Å². The summed E-state index contributed by atoms with van der Waals surface area (Å²) < 4.78 is 10.4. The number of ether oxygens (including phenoxy) is 2. The van der Waals surface area contributed by atoms with Gasteiger partial charge in [-0.25, -0.2) is 0 Å². The number of hydrogen-bond acceptors (Lipinski definition) is 4. The molecular weight excluding hydrogens is 268 g/mol. The molecule has 0 spiro atoms. The van der Waals surface area contributed by atoms with Gasteiger partial charge in [0.05, 0.1) is 14.2 Å². The number of carbonyl (C=O) groups excluding carboxylic acids is 1. The van der Waals surface area contributed by atoms with Crippen molar-refractivity contribution in [1.82, 2.24) is 0 Å². The molecule has 3 N–H and O–H groups in total. The lowest BCUT2D eigenvalue weighted by atomic mass is 9.94. The Hall–Kier alpha value is -1.75. The van der Waals surface area contributed by atoms with E-state index in [0.29, 0.717) is 36.1 Å². The van der Waals surface area contributed by atoms with Crippen LogP contribution in [0.3, 0.4) is 0 Å². The molecule has 0 saturated heterocycles. The summed E-state index contributed by atoms with van der Waals surface area (Å²) in [6.45, 7) is 4.79. The molecule has 0 saturated carbocycles. The summed E-state index contributed by atoms with van der Waals surface area (Å²) in [7, 11) is 3.14. The van der Waals surface area contributed by atoms with Gasteiger partial charge in [-0.2, -0.15) is 0 Å². The van der Waals surface area contributed by atoms with Crippen LogP contribution in [-0.2, 0) is 4.79 Å². The number of methoxy groups -OCH3 is 2. The highest BCUT2D eigenvalue weighted by Gasteiger charge is 2.15. The number of nitrogens with two attached hydrogens (primary N) is 1. The van der Waals surface area contributed by atoms with Crippen molar-refractivity contribution < 1.29 is 14.3 Å². The van der Waals surface area contributed by atoms with Gasteiger partial charge in [-0.05, 0) is 36.9 Å². The Morgan fingerprint density at radius 1 is 1.24 bits per heavy atom. The quantitative estimate of drug-likeness (QED) is 0.773. The van der Waals surface area contributed by atoms with Crippen LogP contribution < -0.4 is 20.5 Å². The minimum Gasteiger partial charge on any atom is -0.493 e. The zero-order valence-corrected chi connectivity index (χ0v) is 13.3. The lowest BCUT2D eigenvalue weighted by molar-refractivity contribution is -0.117. The Morgan fingerprint density at radius 2 is 1.90 bits per heavy atom. The highest BCUT2D eigenvalue weighted by molar-refractivity contribution is 5.91. The molecule has 1 amide bonds. The van der Waals surface area contributed by atoms with Crippen molar-refractivity contribution in [2.24, 2.45) is 17.6 Å². The molecule has 21 heavy (non-hydrogen) atoms. The lowest BCUT2D eigenvalue weighted by Crippen LogP contribution is -2.23. The smallest absolute Gasteiger partial charge is 0.224 e. The average Bonchev–Trinajstić information content (AvgIpc) is 2.45. The summed E-state index contributed by atoms with van der Waals surface area (Å²) in [5, 5.41) is 2.88. The van der Waals surface area contributed by atoms with Crippen LogP contribution in [0, 0.1) is 11.8 Å². The van der Waals surface area contributed by atoms with Crippen LogP contribution in [0.5, 0.6) is 11.5 Å². The zero-order valence-electron chi connectivity index (χ0n) is 13.3. The van der Waals surface area contributed by atoms with E-state index in [4.69, 9.17) is 15.2 Å². The molecule has 1 aromatic carbocycles. The van der Waals surface area contributed by atoms with E-state index in [0.717, 1.165) is 6.42 Å². The van der Waals surface area contributed by atoms with Gasteiger partial charge in [-0.15, -0.1) is 0 Å². The molecular formula is C16H26N2O3. The maximum atomic E-state index is 12.1. The fourth-order valence-electron chi connectivity index (χ4n) is 2.32. The molecule has 5 heteroatoms. The van der Waals surface area contributed by atoms with Gasteiger partial charge in [-0.3, -0.25) is 4.79 Å². The van der Waals surface area contributed by atoms with E-state index in [9.17, 15) is 4.79 Å². The first-order valence-electron chi connectivity index (χ1n) is 7.22. The molecule has 118 valence electrons. The van der Waals surface area contributed by atoms with E-state index >= 15 is 0 Å². The lowest BCUT2D eigenvalue weighted by Gasteiger charge is -2.17. The Balaban J connectivity index is 2.65. The molecule has 0 radical (unpaired) electrons. The van der Waals surface area contributed by atoms with Gasteiger partial charge in [0.2, 0.25) is 5.91 Å². The first-order chi connectivity index (χ1) is 9.99. The van der Waals surface area contributed by atoms with E-state index in [2.05, 4.69) is 19.2 Å². The van der Waals surface area contributed by atoms with Crippen molar-refractivity contribution in [3.05, 3.63) is 18.2 Å². The Bertz CT molecular complexity index is 461. The molecule has 0 bridgehead atoms. The molecule has 1 unspecified atom stereocenters. The van der Waals surface area contributed by atoms with Crippen molar-refractivity contribution in [2.45, 2.75) is 26.7 Å². The number of amides is 1. The van der Waals surface area contributed by atoms with Gasteiger partial charge in [0.1, 0.15) is 0 Å². The first kappa shape index (κ1) is 17.3. The number of benzene rings is 1. The van der Waals surface area contributed by atoms with Crippen LogP contribution >= 0.6 is 0 Å². The highest BCUT2D eigenvalue weighted by Crippen LogP contribution is 2.29. The Morgan fingerprint density at radius 3 is 2.43 bits per heavy atom. The summed E-state index contributed by atoms with van der Waals surface area (Å²) in [4.78, 5) is 12.1. The summed E-state index contributed by atoms with van der Waals surface area (Å²) in [6, 6.07) is 5.30. The monoisotopic (exact) mass is 294 g/mol. The highest BCUT2D eigenvalue weighted by atomic mass is 16.5. The third-order valence-electron chi connectivity index (χ3n) is 3.28. The second-order valence-electron chi connectivity index (χ2n) is 5.55. The molecule has 0 fully saturated rings. The largest absolute Gasteiger partial charge is 0.493 e. The Labute approximate surface area is 126 Å². The van der Waals surface area contributed by atoms with Gasteiger partial charge >= 0.3 is 0 Å². The van der Waals surface area contributed by atoms with Crippen LogP contribution in [0.4, 0.5) is 5.69 Å². The van der Waals surface area contributed by atoms with Gasteiger partial charge in [0.15, 0.2) is 11.5 Å². The second kappa shape index (κ2) is 8.52. The van der Waals surface area contributed by atoms with Crippen LogP contribution in [0.25, 0.3) is 0 Å². The topological polar surface area (TPSA) is 73.6 Å². The second-order valence-corrected chi connectivity index (χ2v) is 5.55. The van der Waals surface area contributed by atoms with Crippen molar-refractivity contribution >= 4 is 11.6 Å². The molecule has 0 heterocycles. The summed E-state index contributed by atoms with van der Waals surface area (Å²) in [6.07, 6.45) is 1.39. The van der Waals surface area contributed by atoms with Gasteiger partial charge in [0.25, 0.3) is 0 Å². The third kappa shape index (κ3) is 5.63. The van der Waals surface area contributed by atoms with Crippen LogP contribution in [0.1, 0.15) is 26.7 Å². The summed E-state index contributed by atoms with van der Waals surface area (Å²) in [5.74, 6) is 1.94. The van der Waals surface area contributed by atoms with Gasteiger partial charge in [0, 0.05) is 18.2 Å². The SMILES string of the molecule is COc1ccc(NC(=O)CC(CN)CC(C)C)cc1OC. The predicted molar refractivity (Wildman–Crippen MR) is 84.8 cm³/mol. The number of anilines is 1. The summed E-state index contributed by atoms with van der Waals surface area (Å²) >= 11 is 0. The maximum Gasteiger partial charge on any atom is 0.224 e.